The predicted molar refractivity (Wildman–Crippen MR) is 244 cm³/mol. The summed E-state index contributed by atoms with van der Waals surface area (Å²) in [6.45, 7) is 0. The van der Waals surface area contributed by atoms with E-state index in [0.717, 1.165) is 12.4 Å². The van der Waals surface area contributed by atoms with Crippen molar-refractivity contribution in [2.75, 3.05) is 10.6 Å². The topological polar surface area (TPSA) is 205 Å². The quantitative estimate of drug-likeness (QED) is 0.105. The lowest BCUT2D eigenvalue weighted by Gasteiger charge is -2.19. The van der Waals surface area contributed by atoms with Crippen molar-refractivity contribution in [2.45, 2.75) is 71.0 Å². The highest BCUT2D eigenvalue weighted by Gasteiger charge is 2.36. The number of ketones is 2. The number of amides is 2. The van der Waals surface area contributed by atoms with E-state index in [-0.39, 0.29) is 57.3 Å². The van der Waals surface area contributed by atoms with E-state index in [9.17, 15) is 44.8 Å². The number of Topliss-reactive ketones (excluding diaryl/α,β-unsaturated/α-hetero) is 2. The summed E-state index contributed by atoms with van der Waals surface area (Å²) in [7, 11) is -7.34. The molecule has 4 atom stereocenters. The Morgan fingerprint density at radius 3 is 1.23 bits per heavy atom. The molecule has 6 aromatic rings. The van der Waals surface area contributed by atoms with Gasteiger partial charge in [0, 0.05) is 46.9 Å². The summed E-state index contributed by atoms with van der Waals surface area (Å²) in [5, 5.41) is 3.54. The van der Waals surface area contributed by atoms with Crippen LogP contribution in [-0.2, 0) is 38.9 Å². The summed E-state index contributed by atoms with van der Waals surface area (Å²) < 4.78 is 89.6. The van der Waals surface area contributed by atoms with Crippen molar-refractivity contribution in [3.63, 3.8) is 0 Å². The van der Waals surface area contributed by atoms with Gasteiger partial charge in [-0.1, -0.05) is 70.1 Å². The minimum absolute atomic E-state index is 0.0131. The van der Waals surface area contributed by atoms with Crippen LogP contribution < -0.4 is 20.1 Å². The summed E-state index contributed by atoms with van der Waals surface area (Å²) in [4.78, 5) is 56.7. The minimum atomic E-state index is -3.67. The van der Waals surface area contributed by atoms with Crippen molar-refractivity contribution < 1.29 is 54.3 Å². The second kappa shape index (κ2) is 20.9. The van der Waals surface area contributed by atoms with Crippen LogP contribution in [0.2, 0.25) is 10.0 Å². The smallest absolute Gasteiger partial charge is 0.271 e. The zero-order chi connectivity index (χ0) is 47.2. The molecule has 2 N–H and O–H groups in total. The van der Waals surface area contributed by atoms with Crippen LogP contribution in [0.5, 0.6) is 11.5 Å². The van der Waals surface area contributed by atoms with E-state index < -0.39 is 64.5 Å². The molecule has 2 amide bonds. The number of aromatic nitrogens is 2. The van der Waals surface area contributed by atoms with Gasteiger partial charge in [0.1, 0.15) is 23.1 Å². The van der Waals surface area contributed by atoms with Crippen LogP contribution in [0.1, 0.15) is 61.9 Å². The molecule has 2 heterocycles. The molecule has 0 radical (unpaired) electrons. The standard InChI is InChI=1S/2C22H18ClFN2O5S2/c2*23-14-3-6-16(7-4-14)31-20(21(28)26-22-25-12-19(24)32-22)13-1-8-17(9-2-13)33(29,30)18-10-5-15(27)11-18/h2*1-4,6-9,12,18,20H,5,10-11H2,(H,25,26,28). The van der Waals surface area contributed by atoms with Gasteiger partial charge in [0.2, 0.25) is 12.2 Å². The maximum absolute atomic E-state index is 13.3. The molecule has 2 fully saturated rings. The molecule has 344 valence electrons. The van der Waals surface area contributed by atoms with Gasteiger partial charge < -0.3 is 9.47 Å². The van der Waals surface area contributed by atoms with Crippen LogP contribution in [0.15, 0.2) is 119 Å². The van der Waals surface area contributed by atoms with Gasteiger partial charge in [-0.15, -0.1) is 0 Å². The first kappa shape index (κ1) is 48.3. The van der Waals surface area contributed by atoms with Crippen LogP contribution in [-0.4, -0.2) is 60.7 Å². The molecule has 2 aliphatic rings. The maximum atomic E-state index is 13.3. The van der Waals surface area contributed by atoms with Gasteiger partial charge in [0.05, 0.1) is 32.7 Å². The van der Waals surface area contributed by atoms with Gasteiger partial charge in [0.25, 0.3) is 11.8 Å². The van der Waals surface area contributed by atoms with E-state index in [2.05, 4.69) is 20.6 Å². The number of rotatable bonds is 14. The normalized spacial score (nSPS) is 17.0. The summed E-state index contributed by atoms with van der Waals surface area (Å²) in [6, 6.07) is 24.2. The molecule has 22 heteroatoms. The van der Waals surface area contributed by atoms with E-state index >= 15 is 0 Å². The molecule has 0 spiro atoms. The first-order valence-electron chi connectivity index (χ1n) is 19.8. The highest BCUT2D eigenvalue weighted by Crippen LogP contribution is 2.33. The molecule has 0 bridgehead atoms. The molecule has 0 saturated heterocycles. The number of nitrogens with zero attached hydrogens (tertiary/aromatic N) is 2. The number of hydrogen-bond donors (Lipinski definition) is 2. The monoisotopic (exact) mass is 1020 g/mol. The Hall–Kier alpha value is -5.64. The second-order valence-electron chi connectivity index (χ2n) is 14.9. The number of carbonyl (C=O) groups is 4. The Kier molecular flexibility index (Phi) is 15.3. The highest BCUT2D eigenvalue weighted by atomic mass is 35.5. The van der Waals surface area contributed by atoms with Gasteiger partial charge in [-0.3, -0.25) is 29.8 Å². The Bertz CT molecular complexity index is 2750. The molecule has 2 saturated carbocycles. The number of benzene rings is 4. The molecule has 2 aromatic heterocycles. The predicted octanol–water partition coefficient (Wildman–Crippen LogP) is 9.18. The highest BCUT2D eigenvalue weighted by molar-refractivity contribution is 7.92. The number of thiazole rings is 2. The summed E-state index contributed by atoms with van der Waals surface area (Å²) in [5.74, 6) is -0.650. The number of hydrogen-bond acceptors (Lipinski definition) is 14. The summed E-state index contributed by atoms with van der Waals surface area (Å²) in [6.07, 6.45) is 0.776. The fourth-order valence-electron chi connectivity index (χ4n) is 6.95. The molecule has 0 aliphatic heterocycles. The van der Waals surface area contributed by atoms with Gasteiger partial charge in [-0.2, -0.15) is 8.78 Å². The van der Waals surface area contributed by atoms with Crippen molar-refractivity contribution in [1.82, 2.24) is 9.97 Å². The zero-order valence-corrected chi connectivity index (χ0v) is 38.8. The summed E-state index contributed by atoms with van der Waals surface area (Å²) in [5.41, 5.74) is 0.752. The molecule has 4 unspecified atom stereocenters. The lowest BCUT2D eigenvalue weighted by atomic mass is 10.1. The van der Waals surface area contributed by atoms with Crippen molar-refractivity contribution in [3.8, 4) is 11.5 Å². The SMILES string of the molecule is O=C1CCC(S(=O)(=O)c2ccc(C(Oc3ccc(Cl)cc3)C(=O)Nc3ncc(F)s3)cc2)C1.O=C1CCC(S(=O)(=O)c2ccc(C(Oc3ccc(Cl)cc3)C(=O)Nc3ncc(F)s3)cc2)C1. The Morgan fingerprint density at radius 1 is 0.591 bits per heavy atom. The maximum Gasteiger partial charge on any atom is 0.271 e. The number of ether oxygens (including phenoxy) is 2. The fraction of sp³-hybridized carbons (Fsp3) is 0.227. The average molecular weight is 1020 g/mol. The van der Waals surface area contributed by atoms with E-state index in [1.165, 1.54) is 48.5 Å². The Labute approximate surface area is 395 Å². The van der Waals surface area contributed by atoms with Crippen molar-refractivity contribution in [2.24, 2.45) is 0 Å². The zero-order valence-electron chi connectivity index (χ0n) is 34.1. The van der Waals surface area contributed by atoms with E-state index in [1.54, 1.807) is 48.5 Å². The number of halogens is 4. The fourth-order valence-corrected chi connectivity index (χ4v) is 11.8. The first-order chi connectivity index (χ1) is 31.4. The van der Waals surface area contributed by atoms with Gasteiger partial charge in [0.15, 0.2) is 40.2 Å². The molecule has 8 rings (SSSR count). The van der Waals surface area contributed by atoms with Crippen molar-refractivity contribution >= 4 is 99.2 Å². The van der Waals surface area contributed by atoms with Crippen LogP contribution in [0.3, 0.4) is 0 Å². The number of carbonyl (C=O) groups excluding carboxylic acids is 4. The van der Waals surface area contributed by atoms with Crippen LogP contribution >= 0.6 is 45.9 Å². The van der Waals surface area contributed by atoms with Crippen LogP contribution in [0.25, 0.3) is 0 Å². The number of sulfone groups is 2. The number of nitrogens with one attached hydrogen (secondary N) is 2. The molecule has 66 heavy (non-hydrogen) atoms. The molecular formula is C44H36Cl2F2N4O10S4. The number of anilines is 2. The van der Waals surface area contributed by atoms with E-state index in [4.69, 9.17) is 32.7 Å². The second-order valence-corrected chi connectivity index (χ2v) is 22.1. The van der Waals surface area contributed by atoms with Crippen LogP contribution in [0, 0.1) is 10.3 Å². The molecule has 14 nitrogen and oxygen atoms in total. The average Bonchev–Trinajstić information content (AvgIpc) is 4.13. The third-order valence-electron chi connectivity index (χ3n) is 10.3. The lowest BCUT2D eigenvalue weighted by molar-refractivity contribution is -0.123. The van der Waals surface area contributed by atoms with Crippen molar-refractivity contribution in [1.29, 1.82) is 0 Å². The molecule has 2 aliphatic carbocycles. The summed E-state index contributed by atoms with van der Waals surface area (Å²) >= 11 is 13.1. The van der Waals surface area contributed by atoms with Gasteiger partial charge >= 0.3 is 0 Å². The van der Waals surface area contributed by atoms with E-state index in [1.807, 2.05) is 0 Å². The van der Waals surface area contributed by atoms with Crippen molar-refractivity contribution in [3.05, 3.63) is 141 Å². The third kappa shape index (κ3) is 12.0. The van der Waals surface area contributed by atoms with E-state index in [0.29, 0.717) is 68.2 Å². The van der Waals surface area contributed by atoms with Gasteiger partial charge in [-0.25, -0.2) is 26.8 Å². The Balaban J connectivity index is 0.000000196. The van der Waals surface area contributed by atoms with Gasteiger partial charge in [-0.05, 0) is 85.6 Å². The lowest BCUT2D eigenvalue weighted by Crippen LogP contribution is -2.26. The molecule has 4 aromatic carbocycles. The Morgan fingerprint density at radius 2 is 0.939 bits per heavy atom. The minimum Gasteiger partial charge on any atom is -0.476 e. The first-order valence-corrected chi connectivity index (χ1v) is 25.3. The van der Waals surface area contributed by atoms with Crippen LogP contribution in [0.4, 0.5) is 19.0 Å². The molecular weight excluding hydrogens is 982 g/mol. The largest absolute Gasteiger partial charge is 0.476 e. The third-order valence-corrected chi connectivity index (χ3v) is 16.7.